The van der Waals surface area contributed by atoms with E-state index in [9.17, 15) is 10.2 Å². The zero-order valence-corrected chi connectivity index (χ0v) is 16.9. The van der Waals surface area contributed by atoms with E-state index >= 15 is 0 Å². The molecule has 2 N–H and O–H groups in total. The van der Waals surface area contributed by atoms with Crippen LogP contribution in [0.15, 0.2) is 69.2 Å². The van der Waals surface area contributed by atoms with E-state index in [1.165, 1.54) is 21.9 Å². The van der Waals surface area contributed by atoms with Crippen molar-refractivity contribution in [1.29, 1.82) is 0 Å². The second-order valence-corrected chi connectivity index (χ2v) is 7.71. The Labute approximate surface area is 172 Å². The van der Waals surface area contributed by atoms with Crippen LogP contribution in [0.5, 0.6) is 0 Å². The van der Waals surface area contributed by atoms with Crippen LogP contribution in [0.1, 0.15) is 18.1 Å². The van der Waals surface area contributed by atoms with E-state index in [1.54, 1.807) is 18.2 Å². The molecule has 2 aromatic carbocycles. The number of anilines is 1. The molecule has 0 bridgehead atoms. The van der Waals surface area contributed by atoms with Gasteiger partial charge in [0.2, 0.25) is 5.13 Å². The average Bonchev–Trinajstić information content (AvgIpc) is 3.32. The predicted octanol–water partition coefficient (Wildman–Crippen LogP) is 4.28. The van der Waals surface area contributed by atoms with Gasteiger partial charge in [0.15, 0.2) is 12.3 Å². The lowest BCUT2D eigenvalue weighted by Crippen LogP contribution is -2.35. The van der Waals surface area contributed by atoms with Crippen LogP contribution < -0.4 is 5.01 Å². The Bertz CT molecular complexity index is 1060. The number of rotatable bonds is 5. The number of benzene rings is 2. The molecule has 1 aliphatic heterocycles. The Morgan fingerprint density at radius 1 is 1.14 bits per heavy atom. The van der Waals surface area contributed by atoms with Crippen LogP contribution in [0.4, 0.5) is 10.8 Å². The molecule has 0 radical (unpaired) electrons. The van der Waals surface area contributed by atoms with Crippen LogP contribution in [-0.2, 0) is 6.61 Å². The zero-order chi connectivity index (χ0) is 20.4. The fourth-order valence-electron chi connectivity index (χ4n) is 3.01. The number of thiazole rings is 1. The Morgan fingerprint density at radius 2 is 1.93 bits per heavy atom. The first kappa shape index (κ1) is 19.4. The van der Waals surface area contributed by atoms with Crippen LogP contribution >= 0.6 is 11.3 Å². The third-order valence-electron chi connectivity index (χ3n) is 4.65. The van der Waals surface area contributed by atoms with Gasteiger partial charge < -0.3 is 10.2 Å². The number of aliphatic hydroxyl groups excluding tert-OH is 2. The smallest absolute Gasteiger partial charge is 0.209 e. The quantitative estimate of drug-likeness (QED) is 0.618. The summed E-state index contributed by atoms with van der Waals surface area (Å²) in [6.07, 6.45) is -0.975. The topological polar surface area (TPSA) is 93.7 Å². The Hall–Kier alpha value is -2.94. The van der Waals surface area contributed by atoms with E-state index in [1.807, 2.05) is 49.6 Å². The lowest BCUT2D eigenvalue weighted by Gasteiger charge is -2.17. The van der Waals surface area contributed by atoms with E-state index in [4.69, 9.17) is 0 Å². The summed E-state index contributed by atoms with van der Waals surface area (Å²) in [5.41, 5.74) is 5.09. The maximum atomic E-state index is 10.8. The van der Waals surface area contributed by atoms with Crippen LogP contribution in [0, 0.1) is 6.92 Å². The normalized spacial score (nSPS) is 19.2. The number of azo groups is 1. The zero-order valence-electron chi connectivity index (χ0n) is 16.1. The number of aliphatic hydroxyl groups is 2. The summed E-state index contributed by atoms with van der Waals surface area (Å²) in [6.45, 7) is 3.80. The molecule has 1 aliphatic rings. The lowest BCUT2D eigenvalue weighted by molar-refractivity contribution is 0.170. The molecule has 1 aromatic heterocycles. The van der Waals surface area contributed by atoms with Crippen LogP contribution in [0.3, 0.4) is 0 Å². The number of hydrogen-bond acceptors (Lipinski definition) is 8. The van der Waals surface area contributed by atoms with Gasteiger partial charge >= 0.3 is 0 Å². The largest absolute Gasteiger partial charge is 0.392 e. The monoisotopic (exact) mass is 407 g/mol. The summed E-state index contributed by atoms with van der Waals surface area (Å²) >= 11 is 1.42. The molecule has 0 saturated carbocycles. The molecular weight excluding hydrogens is 386 g/mol. The first-order valence-electron chi connectivity index (χ1n) is 9.21. The van der Waals surface area contributed by atoms with Crippen molar-refractivity contribution in [3.8, 4) is 11.3 Å². The molecule has 148 valence electrons. The van der Waals surface area contributed by atoms with Crippen molar-refractivity contribution in [3.63, 3.8) is 0 Å². The van der Waals surface area contributed by atoms with Crippen LogP contribution in [0.25, 0.3) is 11.3 Å². The van der Waals surface area contributed by atoms with Crippen molar-refractivity contribution in [2.24, 2.45) is 15.3 Å². The highest BCUT2D eigenvalue weighted by molar-refractivity contribution is 7.14. The molecule has 0 aliphatic carbocycles. The third-order valence-corrected chi connectivity index (χ3v) is 5.48. The van der Waals surface area contributed by atoms with E-state index in [0.717, 1.165) is 16.8 Å². The fourth-order valence-corrected chi connectivity index (χ4v) is 3.82. The van der Waals surface area contributed by atoms with Gasteiger partial charge in [-0.25, -0.2) is 9.99 Å². The second kappa shape index (κ2) is 8.20. The maximum Gasteiger partial charge on any atom is 0.209 e. The van der Waals surface area contributed by atoms with Crippen LogP contribution in [-0.4, -0.2) is 33.2 Å². The van der Waals surface area contributed by atoms with Gasteiger partial charge in [-0.05, 0) is 31.5 Å². The van der Waals surface area contributed by atoms with Gasteiger partial charge in [-0.1, -0.05) is 42.0 Å². The summed E-state index contributed by atoms with van der Waals surface area (Å²) in [6, 6.07) is 14.7. The first-order chi connectivity index (χ1) is 14.0. The molecule has 3 aromatic rings. The number of aryl methyl sites for hydroxylation is 1. The second-order valence-electron chi connectivity index (χ2n) is 6.87. The van der Waals surface area contributed by atoms with Gasteiger partial charge in [-0.3, -0.25) is 0 Å². The van der Waals surface area contributed by atoms with Crippen molar-refractivity contribution in [2.75, 3.05) is 5.01 Å². The Kier molecular flexibility index (Phi) is 5.48. The minimum atomic E-state index is -0.975. The average molecular weight is 407 g/mol. The molecule has 2 unspecified atom stereocenters. The van der Waals surface area contributed by atoms with Crippen molar-refractivity contribution < 1.29 is 10.2 Å². The minimum absolute atomic E-state index is 0.0585. The van der Waals surface area contributed by atoms with E-state index in [0.29, 0.717) is 16.5 Å². The van der Waals surface area contributed by atoms with Gasteiger partial charge in [0.1, 0.15) is 0 Å². The molecule has 2 heterocycles. The van der Waals surface area contributed by atoms with Crippen LogP contribution in [0.2, 0.25) is 0 Å². The first-order valence-corrected chi connectivity index (χ1v) is 10.1. The van der Waals surface area contributed by atoms with Crippen molar-refractivity contribution >= 4 is 27.9 Å². The molecule has 0 saturated heterocycles. The fraction of sp³-hybridized carbons (Fsp3) is 0.238. The highest BCUT2D eigenvalue weighted by atomic mass is 32.1. The Balaban J connectivity index is 1.52. The molecular formula is C21H21N5O2S. The molecule has 0 fully saturated rings. The van der Waals surface area contributed by atoms with Crippen molar-refractivity contribution in [1.82, 2.24) is 4.98 Å². The summed E-state index contributed by atoms with van der Waals surface area (Å²) in [4.78, 5) is 4.63. The summed E-state index contributed by atoms with van der Waals surface area (Å²) in [5.74, 6) is 0. The molecule has 0 spiro atoms. The van der Waals surface area contributed by atoms with Gasteiger partial charge in [0.05, 0.1) is 23.7 Å². The van der Waals surface area contributed by atoms with Crippen molar-refractivity contribution in [3.05, 3.63) is 65.0 Å². The van der Waals surface area contributed by atoms with Gasteiger partial charge in [0, 0.05) is 10.9 Å². The highest BCUT2D eigenvalue weighted by Gasteiger charge is 2.36. The molecule has 8 heteroatoms. The van der Waals surface area contributed by atoms with E-state index < -0.39 is 12.3 Å². The van der Waals surface area contributed by atoms with Gasteiger partial charge in [-0.15, -0.1) is 11.3 Å². The molecule has 2 atom stereocenters. The number of hydrogen-bond donors (Lipinski definition) is 2. The summed E-state index contributed by atoms with van der Waals surface area (Å²) in [7, 11) is 0. The number of aromatic nitrogens is 1. The highest BCUT2D eigenvalue weighted by Crippen LogP contribution is 2.32. The van der Waals surface area contributed by atoms with Crippen molar-refractivity contribution in [2.45, 2.75) is 32.7 Å². The summed E-state index contributed by atoms with van der Waals surface area (Å²) in [5, 5.41) is 37.0. The van der Waals surface area contributed by atoms with E-state index in [2.05, 4.69) is 20.3 Å². The standard InChI is InChI=1S/C21H21N5O2S/c1-13-6-8-16(9-7-13)18-12-29-21(22-18)26-20(28)19(14(2)25-26)24-23-17-5-3-4-15(10-17)11-27/h3-10,12,19-20,27-28H,11H2,1-2H3. The minimum Gasteiger partial charge on any atom is -0.392 e. The molecule has 0 amide bonds. The lowest BCUT2D eigenvalue weighted by atomic mass is 10.1. The Morgan fingerprint density at radius 3 is 2.69 bits per heavy atom. The summed E-state index contributed by atoms with van der Waals surface area (Å²) < 4.78 is 0. The number of hydrazone groups is 1. The van der Waals surface area contributed by atoms with Gasteiger partial charge in [-0.2, -0.15) is 15.3 Å². The molecule has 4 rings (SSSR count). The SMILES string of the molecule is CC1=NN(c2nc(-c3ccc(C)cc3)cs2)C(O)C1N=Nc1cccc(CO)c1. The maximum absolute atomic E-state index is 10.8. The van der Waals surface area contributed by atoms with E-state index in [-0.39, 0.29) is 6.61 Å². The van der Waals surface area contributed by atoms with Gasteiger partial charge in [0.25, 0.3) is 0 Å². The number of nitrogens with zero attached hydrogens (tertiary/aromatic N) is 5. The predicted molar refractivity (Wildman–Crippen MR) is 115 cm³/mol. The third kappa shape index (κ3) is 4.09. The molecule has 29 heavy (non-hydrogen) atoms. The molecule has 7 nitrogen and oxygen atoms in total.